The average molecular weight is 367 g/mol. The highest BCUT2D eigenvalue weighted by atomic mass is 19.1. The first kappa shape index (κ1) is 17.3. The summed E-state index contributed by atoms with van der Waals surface area (Å²) < 4.78 is 24.1. The van der Waals surface area contributed by atoms with Gasteiger partial charge in [-0.25, -0.2) is 4.39 Å². The molecule has 1 aliphatic heterocycles. The minimum Gasteiger partial charge on any atom is -0.422 e. The summed E-state index contributed by atoms with van der Waals surface area (Å²) in [6, 6.07) is 13.3. The number of halogens is 1. The Labute approximate surface area is 155 Å². The molecule has 2 aromatic carbocycles. The molecule has 27 heavy (non-hydrogen) atoms. The van der Waals surface area contributed by atoms with Gasteiger partial charge < -0.3 is 14.5 Å². The minimum atomic E-state index is -1.31. The van der Waals surface area contributed by atoms with Crippen LogP contribution in [0.15, 0.2) is 54.7 Å². The van der Waals surface area contributed by atoms with Crippen molar-refractivity contribution in [1.82, 2.24) is 4.98 Å². The standard InChI is InChI=1S/C21H18FNO4/c1-21(2)26-19(24)18(20(25)27-21)17(12-7-9-13(22)10-8-12)15-11-23-16-6-4-3-5-14(15)16/h3-11,17-18,23H,1-2H3. The van der Waals surface area contributed by atoms with E-state index < -0.39 is 35.4 Å². The summed E-state index contributed by atoms with van der Waals surface area (Å²) in [5.41, 5.74) is 2.24. The van der Waals surface area contributed by atoms with Crippen molar-refractivity contribution in [2.45, 2.75) is 25.6 Å². The molecular weight excluding hydrogens is 349 g/mol. The fourth-order valence-electron chi connectivity index (χ4n) is 3.57. The number of fused-ring (bicyclic) bond motifs is 1. The predicted octanol–water partition coefficient (Wildman–Crippen LogP) is 3.89. The second-order valence-corrected chi connectivity index (χ2v) is 7.04. The molecular formula is C21H18FNO4. The zero-order valence-electron chi connectivity index (χ0n) is 14.9. The van der Waals surface area contributed by atoms with Gasteiger partial charge in [-0.2, -0.15) is 0 Å². The molecule has 1 saturated heterocycles. The molecule has 3 aromatic rings. The third-order valence-electron chi connectivity index (χ3n) is 4.72. The Bertz CT molecular complexity index is 1000. The topological polar surface area (TPSA) is 68.4 Å². The Morgan fingerprint density at radius 2 is 1.63 bits per heavy atom. The van der Waals surface area contributed by atoms with E-state index in [1.807, 2.05) is 24.3 Å². The van der Waals surface area contributed by atoms with E-state index in [4.69, 9.17) is 9.47 Å². The quantitative estimate of drug-likeness (QED) is 0.563. The fraction of sp³-hybridized carbons (Fsp3) is 0.238. The molecule has 6 heteroatoms. The average Bonchev–Trinajstić information content (AvgIpc) is 3.02. The normalized spacial score (nSPS) is 18.2. The van der Waals surface area contributed by atoms with Gasteiger partial charge >= 0.3 is 11.9 Å². The molecule has 1 N–H and O–H groups in total. The predicted molar refractivity (Wildman–Crippen MR) is 96.3 cm³/mol. The van der Waals surface area contributed by atoms with Gasteiger partial charge in [0.1, 0.15) is 5.82 Å². The summed E-state index contributed by atoms with van der Waals surface area (Å²) in [6.45, 7) is 3.02. The second-order valence-electron chi connectivity index (χ2n) is 7.04. The largest absolute Gasteiger partial charge is 0.422 e. The monoisotopic (exact) mass is 367 g/mol. The van der Waals surface area contributed by atoms with Gasteiger partial charge in [-0.3, -0.25) is 9.59 Å². The molecule has 2 heterocycles. The first-order chi connectivity index (χ1) is 12.9. The number of esters is 2. The Morgan fingerprint density at radius 3 is 2.30 bits per heavy atom. The van der Waals surface area contributed by atoms with Crippen LogP contribution in [-0.2, 0) is 19.1 Å². The first-order valence-electron chi connectivity index (χ1n) is 8.63. The van der Waals surface area contributed by atoms with Crippen LogP contribution in [0.4, 0.5) is 4.39 Å². The molecule has 1 fully saturated rings. The number of H-pyrrole nitrogens is 1. The number of benzene rings is 2. The lowest BCUT2D eigenvalue weighted by Crippen LogP contribution is -2.48. The second kappa shape index (κ2) is 6.23. The maximum Gasteiger partial charge on any atom is 0.324 e. The van der Waals surface area contributed by atoms with Crippen molar-refractivity contribution in [3.63, 3.8) is 0 Å². The minimum absolute atomic E-state index is 0.397. The van der Waals surface area contributed by atoms with E-state index in [2.05, 4.69) is 4.98 Å². The van der Waals surface area contributed by atoms with Gasteiger partial charge in [0.05, 0.1) is 0 Å². The zero-order valence-corrected chi connectivity index (χ0v) is 14.9. The number of cyclic esters (lactones) is 2. The molecule has 0 bridgehead atoms. The van der Waals surface area contributed by atoms with Crippen molar-refractivity contribution in [2.75, 3.05) is 0 Å². The zero-order chi connectivity index (χ0) is 19.2. The number of ether oxygens (including phenoxy) is 2. The first-order valence-corrected chi connectivity index (χ1v) is 8.63. The van der Waals surface area contributed by atoms with Crippen molar-refractivity contribution >= 4 is 22.8 Å². The lowest BCUT2D eigenvalue weighted by molar-refractivity contribution is -0.240. The van der Waals surface area contributed by atoms with Crippen LogP contribution >= 0.6 is 0 Å². The van der Waals surface area contributed by atoms with Crippen molar-refractivity contribution in [3.8, 4) is 0 Å². The highest BCUT2D eigenvalue weighted by Gasteiger charge is 2.48. The van der Waals surface area contributed by atoms with E-state index in [9.17, 15) is 14.0 Å². The molecule has 1 unspecified atom stereocenters. The van der Waals surface area contributed by atoms with E-state index in [1.165, 1.54) is 26.0 Å². The third-order valence-corrected chi connectivity index (χ3v) is 4.72. The van der Waals surface area contributed by atoms with Crippen LogP contribution in [0.5, 0.6) is 0 Å². The summed E-state index contributed by atoms with van der Waals surface area (Å²) >= 11 is 0. The van der Waals surface area contributed by atoms with E-state index in [1.54, 1.807) is 18.3 Å². The van der Waals surface area contributed by atoms with Gasteiger partial charge in [-0.15, -0.1) is 0 Å². The van der Waals surface area contributed by atoms with Gasteiger partial charge in [0.25, 0.3) is 5.79 Å². The van der Waals surface area contributed by atoms with Crippen molar-refractivity contribution in [2.24, 2.45) is 5.92 Å². The van der Waals surface area contributed by atoms with Crippen LogP contribution in [0.1, 0.15) is 30.9 Å². The summed E-state index contributed by atoms with van der Waals surface area (Å²) in [7, 11) is 0. The molecule has 0 amide bonds. The van der Waals surface area contributed by atoms with E-state index in [0.717, 1.165) is 16.5 Å². The number of hydrogen-bond acceptors (Lipinski definition) is 4. The number of carbonyl (C=O) groups is 2. The molecule has 1 atom stereocenters. The molecule has 1 aliphatic rings. The lowest BCUT2D eigenvalue weighted by atomic mass is 9.80. The van der Waals surface area contributed by atoms with Crippen molar-refractivity contribution in [1.29, 1.82) is 0 Å². The number of rotatable bonds is 3. The maximum atomic E-state index is 13.5. The van der Waals surface area contributed by atoms with E-state index in [0.29, 0.717) is 5.56 Å². The molecule has 0 saturated carbocycles. The SMILES string of the molecule is CC1(C)OC(=O)C(C(c2ccc(F)cc2)c2c[nH]c3ccccc23)C(=O)O1. The Morgan fingerprint density at radius 1 is 1.00 bits per heavy atom. The number of aromatic amines is 1. The van der Waals surface area contributed by atoms with Crippen molar-refractivity contribution < 1.29 is 23.5 Å². The van der Waals surface area contributed by atoms with Crippen LogP contribution in [0.3, 0.4) is 0 Å². The highest BCUT2D eigenvalue weighted by Crippen LogP contribution is 2.40. The molecule has 0 spiro atoms. The van der Waals surface area contributed by atoms with Crippen LogP contribution in [0, 0.1) is 11.7 Å². The summed E-state index contributed by atoms with van der Waals surface area (Å²) in [4.78, 5) is 28.6. The van der Waals surface area contributed by atoms with Gasteiger partial charge in [0.2, 0.25) is 0 Å². The number of aromatic nitrogens is 1. The number of carbonyl (C=O) groups excluding carboxylic acids is 2. The van der Waals surface area contributed by atoms with Gasteiger partial charge in [-0.05, 0) is 29.3 Å². The molecule has 5 nitrogen and oxygen atoms in total. The molecule has 0 aliphatic carbocycles. The number of para-hydroxylation sites is 1. The number of hydrogen-bond donors (Lipinski definition) is 1. The van der Waals surface area contributed by atoms with Crippen molar-refractivity contribution in [3.05, 3.63) is 71.7 Å². The molecule has 0 radical (unpaired) electrons. The smallest absolute Gasteiger partial charge is 0.324 e. The lowest BCUT2D eigenvalue weighted by Gasteiger charge is -2.36. The number of nitrogens with one attached hydrogen (secondary N) is 1. The third kappa shape index (κ3) is 3.07. The van der Waals surface area contributed by atoms with Gasteiger partial charge in [0.15, 0.2) is 5.92 Å². The maximum absolute atomic E-state index is 13.5. The summed E-state index contributed by atoms with van der Waals surface area (Å²) in [5, 5.41) is 0.872. The van der Waals surface area contributed by atoms with Gasteiger partial charge in [-0.1, -0.05) is 30.3 Å². The fourth-order valence-corrected chi connectivity index (χ4v) is 3.57. The molecule has 4 rings (SSSR count). The van der Waals surface area contributed by atoms with Crippen LogP contribution in [-0.4, -0.2) is 22.7 Å². The highest BCUT2D eigenvalue weighted by molar-refractivity contribution is 5.99. The van der Waals surface area contributed by atoms with Crippen LogP contribution < -0.4 is 0 Å². The van der Waals surface area contributed by atoms with Crippen LogP contribution in [0.25, 0.3) is 10.9 Å². The van der Waals surface area contributed by atoms with Crippen LogP contribution in [0.2, 0.25) is 0 Å². The molecule has 1 aromatic heterocycles. The Kier molecular flexibility index (Phi) is 3.98. The summed E-state index contributed by atoms with van der Waals surface area (Å²) in [6.07, 6.45) is 1.76. The van der Waals surface area contributed by atoms with E-state index >= 15 is 0 Å². The Balaban J connectivity index is 1.88. The van der Waals surface area contributed by atoms with E-state index in [-0.39, 0.29) is 0 Å². The Hall–Kier alpha value is -3.15. The van der Waals surface area contributed by atoms with Gasteiger partial charge in [0, 0.05) is 36.9 Å². The summed E-state index contributed by atoms with van der Waals surface area (Å²) in [5.74, 6) is -4.86. The molecule has 138 valence electrons.